The summed E-state index contributed by atoms with van der Waals surface area (Å²) in [5, 5.41) is 9.57. The van der Waals surface area contributed by atoms with Gasteiger partial charge in [-0.15, -0.1) is 0 Å². The first-order valence-electron chi connectivity index (χ1n) is 8.15. The van der Waals surface area contributed by atoms with Crippen molar-refractivity contribution in [2.45, 2.75) is 19.3 Å². The molecule has 1 aliphatic heterocycles. The molecule has 0 radical (unpaired) electrons. The third-order valence-corrected chi connectivity index (χ3v) is 4.17. The summed E-state index contributed by atoms with van der Waals surface area (Å²) >= 11 is 0. The molecule has 1 atom stereocenters. The van der Waals surface area contributed by atoms with Crippen LogP contribution in [-0.4, -0.2) is 57.0 Å². The topological polar surface area (TPSA) is 68.8 Å². The number of fused-ring (bicyclic) bond motifs is 1. The Morgan fingerprint density at radius 3 is 2.91 bits per heavy atom. The van der Waals surface area contributed by atoms with Gasteiger partial charge in [0, 0.05) is 44.7 Å². The van der Waals surface area contributed by atoms with E-state index in [0.717, 1.165) is 31.3 Å². The van der Waals surface area contributed by atoms with E-state index < -0.39 is 0 Å². The number of carbonyl (C=O) groups excluding carboxylic acids is 1. The minimum absolute atomic E-state index is 0.0722. The van der Waals surface area contributed by atoms with Crippen LogP contribution in [0.25, 0.3) is 0 Å². The van der Waals surface area contributed by atoms with E-state index in [1.54, 1.807) is 7.05 Å². The molecule has 1 aliphatic rings. The zero-order valence-electron chi connectivity index (χ0n) is 14.2. The molecule has 1 amide bonds. The van der Waals surface area contributed by atoms with Gasteiger partial charge in [-0.05, 0) is 25.2 Å². The minimum Gasteiger partial charge on any atom is -0.356 e. The highest BCUT2D eigenvalue weighted by molar-refractivity contribution is 5.94. The number of guanidine groups is 1. The van der Waals surface area contributed by atoms with Crippen LogP contribution in [0.3, 0.4) is 0 Å². The van der Waals surface area contributed by atoms with Crippen molar-refractivity contribution in [3.8, 4) is 0 Å². The number of nitrogens with zero attached hydrogens (tertiary/aromatic N) is 2. The molecule has 2 rings (SSSR count). The van der Waals surface area contributed by atoms with Gasteiger partial charge in [-0.25, -0.2) is 0 Å². The first kappa shape index (κ1) is 17.3. The number of nitrogens with one attached hydrogen (secondary N) is 3. The van der Waals surface area contributed by atoms with Crippen molar-refractivity contribution < 1.29 is 4.79 Å². The van der Waals surface area contributed by atoms with E-state index in [0.29, 0.717) is 13.0 Å². The molecule has 0 aliphatic carbocycles. The number of hydrogen-bond donors (Lipinski definition) is 3. The quantitative estimate of drug-likeness (QED) is 0.545. The van der Waals surface area contributed by atoms with E-state index >= 15 is 0 Å². The molecule has 3 N–H and O–H groups in total. The van der Waals surface area contributed by atoms with E-state index in [1.165, 1.54) is 5.56 Å². The lowest BCUT2D eigenvalue weighted by Gasteiger charge is -2.26. The van der Waals surface area contributed by atoms with Crippen LogP contribution in [-0.2, 0) is 4.79 Å². The van der Waals surface area contributed by atoms with Gasteiger partial charge in [0.1, 0.15) is 0 Å². The van der Waals surface area contributed by atoms with Gasteiger partial charge in [-0.3, -0.25) is 9.79 Å². The van der Waals surface area contributed by atoms with Gasteiger partial charge in [0.15, 0.2) is 5.96 Å². The lowest BCUT2D eigenvalue weighted by atomic mass is 9.90. The van der Waals surface area contributed by atoms with Crippen LogP contribution >= 0.6 is 0 Å². The Hall–Kier alpha value is -2.08. The molecule has 0 saturated carbocycles. The van der Waals surface area contributed by atoms with Crippen molar-refractivity contribution in [3.05, 3.63) is 29.8 Å². The summed E-state index contributed by atoms with van der Waals surface area (Å²) in [5.41, 5.74) is 2.10. The molecule has 126 valence electrons. The number of carbonyl (C=O) groups is 1. The lowest BCUT2D eigenvalue weighted by Crippen LogP contribution is -2.43. The average Bonchev–Trinajstić information content (AvgIpc) is 2.57. The standard InChI is InChI=1S/C17H27N5O/c1-4-22(3)10-9-19-17(18-2)20-12-13-11-16(23)21-15-8-6-5-7-14(13)15/h5-8,13H,4,9-12H2,1-3H3,(H,21,23)(H2,18,19,20). The normalized spacial score (nSPS) is 17.7. The molecule has 0 bridgehead atoms. The molecule has 6 heteroatoms. The zero-order valence-corrected chi connectivity index (χ0v) is 14.2. The van der Waals surface area contributed by atoms with Crippen LogP contribution in [0.5, 0.6) is 0 Å². The maximum Gasteiger partial charge on any atom is 0.225 e. The maximum atomic E-state index is 11.8. The number of rotatable bonds is 6. The van der Waals surface area contributed by atoms with E-state index in [4.69, 9.17) is 0 Å². The van der Waals surface area contributed by atoms with Crippen molar-refractivity contribution in [2.75, 3.05) is 45.6 Å². The number of benzene rings is 1. The van der Waals surface area contributed by atoms with Gasteiger partial charge < -0.3 is 20.9 Å². The largest absolute Gasteiger partial charge is 0.356 e. The van der Waals surface area contributed by atoms with Gasteiger partial charge in [-0.1, -0.05) is 25.1 Å². The molecule has 23 heavy (non-hydrogen) atoms. The second-order valence-corrected chi connectivity index (χ2v) is 5.81. The molecule has 1 unspecified atom stereocenters. The van der Waals surface area contributed by atoms with Crippen LogP contribution in [0.15, 0.2) is 29.3 Å². The monoisotopic (exact) mass is 317 g/mol. The third-order valence-electron chi connectivity index (χ3n) is 4.17. The highest BCUT2D eigenvalue weighted by Gasteiger charge is 2.24. The third kappa shape index (κ3) is 4.96. The first-order valence-corrected chi connectivity index (χ1v) is 8.15. The number of anilines is 1. The van der Waals surface area contributed by atoms with Crippen molar-refractivity contribution >= 4 is 17.6 Å². The van der Waals surface area contributed by atoms with Crippen LogP contribution in [0.2, 0.25) is 0 Å². The summed E-state index contributed by atoms with van der Waals surface area (Å²) in [5.74, 6) is 1.01. The summed E-state index contributed by atoms with van der Waals surface area (Å²) in [6.45, 7) is 5.66. The highest BCUT2D eigenvalue weighted by atomic mass is 16.1. The van der Waals surface area contributed by atoms with Crippen molar-refractivity contribution in [3.63, 3.8) is 0 Å². The first-order chi connectivity index (χ1) is 11.1. The Bertz CT molecular complexity index is 558. The Morgan fingerprint density at radius 1 is 1.39 bits per heavy atom. The second-order valence-electron chi connectivity index (χ2n) is 5.81. The Labute approximate surface area is 138 Å². The van der Waals surface area contributed by atoms with Crippen LogP contribution < -0.4 is 16.0 Å². The SMILES string of the molecule is CCN(C)CCNC(=NC)NCC1CC(=O)Nc2ccccc21. The van der Waals surface area contributed by atoms with E-state index in [-0.39, 0.29) is 11.8 Å². The van der Waals surface area contributed by atoms with Gasteiger partial charge in [0.2, 0.25) is 5.91 Å². The molecule has 1 aromatic rings. The molecular formula is C17H27N5O. The Balaban J connectivity index is 1.88. The molecule has 0 aromatic heterocycles. The van der Waals surface area contributed by atoms with Crippen LogP contribution in [0.1, 0.15) is 24.8 Å². The lowest BCUT2D eigenvalue weighted by molar-refractivity contribution is -0.116. The average molecular weight is 317 g/mol. The van der Waals surface area contributed by atoms with Crippen LogP contribution in [0, 0.1) is 0 Å². The van der Waals surface area contributed by atoms with Gasteiger partial charge in [0.25, 0.3) is 0 Å². The molecule has 0 fully saturated rings. The number of para-hydroxylation sites is 1. The van der Waals surface area contributed by atoms with Crippen molar-refractivity contribution in [1.29, 1.82) is 0 Å². The van der Waals surface area contributed by atoms with Gasteiger partial charge >= 0.3 is 0 Å². The number of likely N-dealkylation sites (N-methyl/N-ethyl adjacent to an activating group) is 1. The molecule has 0 spiro atoms. The Kier molecular flexibility index (Phi) is 6.40. The molecule has 1 heterocycles. The molecular weight excluding hydrogens is 290 g/mol. The van der Waals surface area contributed by atoms with Crippen molar-refractivity contribution in [1.82, 2.24) is 15.5 Å². The van der Waals surface area contributed by atoms with E-state index in [9.17, 15) is 4.79 Å². The van der Waals surface area contributed by atoms with E-state index in [1.807, 2.05) is 18.2 Å². The van der Waals surface area contributed by atoms with Gasteiger partial charge in [-0.2, -0.15) is 0 Å². The summed E-state index contributed by atoms with van der Waals surface area (Å²) in [7, 11) is 3.86. The second kappa shape index (κ2) is 8.53. The molecule has 6 nitrogen and oxygen atoms in total. The summed E-state index contributed by atoms with van der Waals surface area (Å²) in [4.78, 5) is 18.3. The highest BCUT2D eigenvalue weighted by Crippen LogP contribution is 2.31. The van der Waals surface area contributed by atoms with Gasteiger partial charge in [0.05, 0.1) is 0 Å². The summed E-state index contributed by atoms with van der Waals surface area (Å²) in [6, 6.07) is 7.98. The maximum absolute atomic E-state index is 11.8. The molecule has 1 aromatic carbocycles. The predicted octanol–water partition coefficient (Wildman–Crippen LogP) is 1.23. The fraction of sp³-hybridized carbons (Fsp3) is 0.529. The Morgan fingerprint density at radius 2 is 2.17 bits per heavy atom. The van der Waals surface area contributed by atoms with Crippen molar-refractivity contribution in [2.24, 2.45) is 4.99 Å². The summed E-state index contributed by atoms with van der Waals surface area (Å²) < 4.78 is 0. The number of amides is 1. The minimum atomic E-state index is 0.0722. The summed E-state index contributed by atoms with van der Waals surface area (Å²) in [6.07, 6.45) is 0.500. The number of hydrogen-bond acceptors (Lipinski definition) is 3. The fourth-order valence-electron chi connectivity index (χ4n) is 2.65. The number of aliphatic imine (C=N–C) groups is 1. The van der Waals surface area contributed by atoms with E-state index in [2.05, 4.69) is 45.9 Å². The fourth-order valence-corrected chi connectivity index (χ4v) is 2.65. The molecule has 0 saturated heterocycles. The predicted molar refractivity (Wildman–Crippen MR) is 95.0 cm³/mol. The smallest absolute Gasteiger partial charge is 0.225 e. The van der Waals surface area contributed by atoms with Crippen LogP contribution in [0.4, 0.5) is 5.69 Å². The zero-order chi connectivity index (χ0) is 16.7.